The van der Waals surface area contributed by atoms with Gasteiger partial charge >= 0.3 is 0 Å². The lowest BCUT2D eigenvalue weighted by atomic mass is 9.94. The largest absolute Gasteiger partial charge is 0.356 e. The van der Waals surface area contributed by atoms with Crippen LogP contribution in [0.15, 0.2) is 23.8 Å². The molecule has 0 aliphatic carbocycles. The summed E-state index contributed by atoms with van der Waals surface area (Å²) in [5.74, 6) is 2.09. The first-order chi connectivity index (χ1) is 13.2. The van der Waals surface area contributed by atoms with Crippen molar-refractivity contribution in [2.75, 3.05) is 24.5 Å². The maximum absolute atomic E-state index is 13.0. The molecule has 5 heterocycles. The third-order valence-electron chi connectivity index (χ3n) is 5.65. The Kier molecular flexibility index (Phi) is 4.07. The van der Waals surface area contributed by atoms with E-state index in [9.17, 15) is 4.79 Å². The Labute approximate surface area is 161 Å². The van der Waals surface area contributed by atoms with E-state index in [1.54, 1.807) is 4.52 Å². The molecule has 27 heavy (non-hydrogen) atoms. The Morgan fingerprint density at radius 2 is 2.11 bits per heavy atom. The highest BCUT2D eigenvalue weighted by Gasteiger charge is 2.31. The zero-order valence-electron chi connectivity index (χ0n) is 15.3. The van der Waals surface area contributed by atoms with Crippen LogP contribution in [0.25, 0.3) is 5.78 Å². The summed E-state index contributed by atoms with van der Waals surface area (Å²) in [6.07, 6.45) is 4.29. The van der Waals surface area contributed by atoms with Crippen molar-refractivity contribution in [3.05, 3.63) is 40.0 Å². The van der Waals surface area contributed by atoms with E-state index in [4.69, 9.17) is 0 Å². The van der Waals surface area contributed by atoms with Crippen molar-refractivity contribution < 1.29 is 4.79 Å². The van der Waals surface area contributed by atoms with E-state index >= 15 is 0 Å². The minimum absolute atomic E-state index is 0.121. The summed E-state index contributed by atoms with van der Waals surface area (Å²) >= 11 is 1.81. The second-order valence-corrected chi connectivity index (χ2v) is 8.37. The molecule has 140 valence electrons. The smallest absolute Gasteiger partial charge is 0.254 e. The zero-order valence-corrected chi connectivity index (χ0v) is 16.2. The minimum atomic E-state index is 0.121. The summed E-state index contributed by atoms with van der Waals surface area (Å²) < 4.78 is 1.79. The maximum atomic E-state index is 13.0. The monoisotopic (exact) mass is 382 g/mol. The van der Waals surface area contributed by atoms with E-state index in [2.05, 4.69) is 36.3 Å². The molecule has 0 N–H and O–H groups in total. The van der Waals surface area contributed by atoms with Gasteiger partial charge in [-0.25, -0.2) is 4.98 Å². The van der Waals surface area contributed by atoms with Crippen LogP contribution in [0.3, 0.4) is 0 Å². The van der Waals surface area contributed by atoms with Crippen molar-refractivity contribution >= 4 is 28.8 Å². The number of aryl methyl sites for hydroxylation is 1. The van der Waals surface area contributed by atoms with Crippen LogP contribution in [0.5, 0.6) is 0 Å². The summed E-state index contributed by atoms with van der Waals surface area (Å²) in [6, 6.07) is 4.21. The fourth-order valence-electron chi connectivity index (χ4n) is 4.19. The summed E-state index contributed by atoms with van der Waals surface area (Å²) in [4.78, 5) is 27.4. The molecule has 3 aromatic heterocycles. The molecule has 0 bridgehead atoms. The van der Waals surface area contributed by atoms with Crippen LogP contribution in [-0.4, -0.2) is 50.0 Å². The van der Waals surface area contributed by atoms with Gasteiger partial charge in [0, 0.05) is 48.7 Å². The predicted molar refractivity (Wildman–Crippen MR) is 104 cm³/mol. The number of carbonyl (C=O) groups is 1. The molecule has 8 heteroatoms. The second-order valence-electron chi connectivity index (χ2n) is 7.37. The average Bonchev–Trinajstić information content (AvgIpc) is 3.35. The van der Waals surface area contributed by atoms with E-state index in [1.165, 1.54) is 16.8 Å². The van der Waals surface area contributed by atoms with Crippen molar-refractivity contribution in [3.8, 4) is 0 Å². The van der Waals surface area contributed by atoms with E-state index in [0.29, 0.717) is 11.7 Å². The van der Waals surface area contributed by atoms with Gasteiger partial charge in [-0.05, 0) is 43.2 Å². The fourth-order valence-corrected chi connectivity index (χ4v) is 5.08. The van der Waals surface area contributed by atoms with E-state index in [-0.39, 0.29) is 5.92 Å². The van der Waals surface area contributed by atoms with E-state index in [1.807, 2.05) is 24.3 Å². The number of anilines is 1. The number of rotatable bonds is 2. The molecule has 2 aliphatic rings. The average molecular weight is 382 g/mol. The lowest BCUT2D eigenvalue weighted by Gasteiger charge is -2.36. The molecule has 0 spiro atoms. The molecule has 5 rings (SSSR count). The number of amides is 1. The van der Waals surface area contributed by atoms with Gasteiger partial charge in [-0.2, -0.15) is 14.6 Å². The van der Waals surface area contributed by atoms with E-state index in [0.717, 1.165) is 57.0 Å². The Balaban J connectivity index is 1.27. The number of aromatic nitrogens is 4. The van der Waals surface area contributed by atoms with Gasteiger partial charge in [0.2, 0.25) is 5.91 Å². The third-order valence-corrected chi connectivity index (χ3v) is 6.67. The third kappa shape index (κ3) is 2.97. The van der Waals surface area contributed by atoms with Crippen molar-refractivity contribution in [1.29, 1.82) is 0 Å². The molecule has 0 unspecified atom stereocenters. The number of carbonyl (C=O) groups excluding carboxylic acids is 1. The Hall–Kier alpha value is -2.48. The topological polar surface area (TPSA) is 66.6 Å². The molecule has 3 aromatic rings. The van der Waals surface area contributed by atoms with Gasteiger partial charge in [0.15, 0.2) is 0 Å². The van der Waals surface area contributed by atoms with Crippen LogP contribution in [-0.2, 0) is 17.8 Å². The van der Waals surface area contributed by atoms with Crippen LogP contribution in [0.1, 0.15) is 29.0 Å². The number of hydrogen-bond acceptors (Lipinski definition) is 6. The van der Waals surface area contributed by atoms with Crippen molar-refractivity contribution in [2.45, 2.75) is 32.7 Å². The van der Waals surface area contributed by atoms with Gasteiger partial charge in [-0.1, -0.05) is 0 Å². The van der Waals surface area contributed by atoms with E-state index < -0.39 is 0 Å². The van der Waals surface area contributed by atoms with Crippen LogP contribution in [0.2, 0.25) is 0 Å². The molecule has 1 amide bonds. The lowest BCUT2D eigenvalue weighted by molar-refractivity contribution is -0.137. The summed E-state index contributed by atoms with van der Waals surface area (Å²) in [6.45, 7) is 5.32. The van der Waals surface area contributed by atoms with Gasteiger partial charge in [-0.15, -0.1) is 11.3 Å². The summed E-state index contributed by atoms with van der Waals surface area (Å²) in [5.41, 5.74) is 2.27. The van der Waals surface area contributed by atoms with Crippen LogP contribution >= 0.6 is 11.3 Å². The number of piperidine rings is 1. The number of fused-ring (bicyclic) bond motifs is 2. The van der Waals surface area contributed by atoms with Gasteiger partial charge < -0.3 is 9.80 Å². The Bertz CT molecular complexity index is 987. The predicted octanol–water partition coefficient (Wildman–Crippen LogP) is 2.30. The van der Waals surface area contributed by atoms with Gasteiger partial charge in [0.25, 0.3) is 5.78 Å². The Morgan fingerprint density at radius 3 is 2.96 bits per heavy atom. The Morgan fingerprint density at radius 1 is 1.26 bits per heavy atom. The molecule has 0 aromatic carbocycles. The summed E-state index contributed by atoms with van der Waals surface area (Å²) in [5, 5.41) is 6.44. The molecular weight excluding hydrogens is 360 g/mol. The molecule has 0 radical (unpaired) electrons. The molecule has 0 atom stereocenters. The molecule has 1 saturated heterocycles. The first-order valence-corrected chi connectivity index (χ1v) is 10.3. The van der Waals surface area contributed by atoms with Crippen molar-refractivity contribution in [3.63, 3.8) is 0 Å². The standard InChI is InChI=1S/C19H22N6OS/c1-13-10-17(25-19(22-13)20-12-21-25)23-6-2-14(3-7-23)18(26)24-8-4-16-15(11-24)5-9-27-16/h5,9-10,12,14H,2-4,6-8,11H2,1H3. The lowest BCUT2D eigenvalue weighted by Crippen LogP contribution is -2.44. The second kappa shape index (κ2) is 6.60. The highest BCUT2D eigenvalue weighted by molar-refractivity contribution is 7.10. The first-order valence-electron chi connectivity index (χ1n) is 9.45. The van der Waals surface area contributed by atoms with Gasteiger partial charge in [0.05, 0.1) is 0 Å². The number of thiophene rings is 1. The molecule has 0 saturated carbocycles. The molecular formula is C19H22N6OS. The van der Waals surface area contributed by atoms with Crippen LogP contribution in [0.4, 0.5) is 5.82 Å². The van der Waals surface area contributed by atoms with Crippen molar-refractivity contribution in [1.82, 2.24) is 24.5 Å². The van der Waals surface area contributed by atoms with Crippen molar-refractivity contribution in [2.24, 2.45) is 5.92 Å². The molecule has 7 nitrogen and oxygen atoms in total. The fraction of sp³-hybridized carbons (Fsp3) is 0.474. The van der Waals surface area contributed by atoms with Crippen LogP contribution in [0, 0.1) is 12.8 Å². The minimum Gasteiger partial charge on any atom is -0.356 e. The SMILES string of the molecule is Cc1cc(N2CCC(C(=O)N3CCc4sccc4C3)CC2)n2ncnc2n1. The normalized spacial score (nSPS) is 18.1. The highest BCUT2D eigenvalue weighted by Crippen LogP contribution is 2.29. The van der Waals surface area contributed by atoms with Crippen LogP contribution < -0.4 is 4.90 Å². The quantitative estimate of drug-likeness (QED) is 0.680. The number of nitrogens with zero attached hydrogens (tertiary/aromatic N) is 6. The first kappa shape index (κ1) is 16.7. The molecule has 1 fully saturated rings. The van der Waals surface area contributed by atoms with Gasteiger partial charge in [0.1, 0.15) is 12.1 Å². The summed E-state index contributed by atoms with van der Waals surface area (Å²) in [7, 11) is 0. The van der Waals surface area contributed by atoms with Gasteiger partial charge in [-0.3, -0.25) is 4.79 Å². The molecule has 2 aliphatic heterocycles. The zero-order chi connectivity index (χ0) is 18.4. The highest BCUT2D eigenvalue weighted by atomic mass is 32.1. The maximum Gasteiger partial charge on any atom is 0.254 e. The number of hydrogen-bond donors (Lipinski definition) is 0.